The average molecular weight is 456 g/mol. The first-order chi connectivity index (χ1) is 14.7. The van der Waals surface area contributed by atoms with E-state index in [1.807, 2.05) is 30.3 Å². The molecule has 0 spiro atoms. The molecule has 0 aliphatic carbocycles. The van der Waals surface area contributed by atoms with Crippen LogP contribution in [-0.2, 0) is 25.4 Å². The lowest BCUT2D eigenvalue weighted by molar-refractivity contribution is -0.159. The van der Waals surface area contributed by atoms with E-state index in [0.29, 0.717) is 19.1 Å². The number of carbonyl (C=O) groups is 2. The SMILES string of the molecule is CCCN1CCC(N2CCN(S(=O)(=O)Cc3ccccc3)CC2)CC1.O=C(O)C(=O)O. The maximum atomic E-state index is 12.7. The second kappa shape index (κ2) is 12.1. The smallest absolute Gasteiger partial charge is 0.414 e. The number of likely N-dealkylation sites (tertiary alicyclic amines) is 1. The molecule has 174 valence electrons. The number of benzene rings is 1. The fourth-order valence-corrected chi connectivity index (χ4v) is 5.56. The van der Waals surface area contributed by atoms with Gasteiger partial charge in [-0.25, -0.2) is 18.0 Å². The third-order valence-corrected chi connectivity index (χ3v) is 7.50. The minimum Gasteiger partial charge on any atom is -0.473 e. The van der Waals surface area contributed by atoms with E-state index in [2.05, 4.69) is 16.7 Å². The summed E-state index contributed by atoms with van der Waals surface area (Å²) >= 11 is 0. The fourth-order valence-electron chi connectivity index (χ4n) is 4.05. The first kappa shape index (κ1) is 25.3. The first-order valence-electron chi connectivity index (χ1n) is 10.7. The molecule has 2 aliphatic heterocycles. The van der Waals surface area contributed by atoms with E-state index >= 15 is 0 Å². The maximum absolute atomic E-state index is 12.7. The van der Waals surface area contributed by atoms with E-state index in [1.54, 1.807) is 4.31 Å². The van der Waals surface area contributed by atoms with E-state index in [4.69, 9.17) is 19.8 Å². The Morgan fingerprint density at radius 1 is 0.935 bits per heavy atom. The summed E-state index contributed by atoms with van der Waals surface area (Å²) in [5.41, 5.74) is 0.869. The Hall–Kier alpha value is -2.01. The zero-order valence-corrected chi connectivity index (χ0v) is 18.8. The van der Waals surface area contributed by atoms with Crippen molar-refractivity contribution in [3.63, 3.8) is 0 Å². The molecule has 0 saturated carbocycles. The Morgan fingerprint density at radius 2 is 1.48 bits per heavy atom. The summed E-state index contributed by atoms with van der Waals surface area (Å²) in [4.78, 5) is 23.3. The molecular formula is C21H33N3O6S. The Labute approximate surface area is 184 Å². The highest BCUT2D eigenvalue weighted by Crippen LogP contribution is 2.20. The largest absolute Gasteiger partial charge is 0.473 e. The normalized spacial score (nSPS) is 19.4. The van der Waals surface area contributed by atoms with Crippen LogP contribution >= 0.6 is 0 Å². The molecule has 9 nitrogen and oxygen atoms in total. The highest BCUT2D eigenvalue weighted by molar-refractivity contribution is 7.88. The van der Waals surface area contributed by atoms with Crippen molar-refractivity contribution in [2.24, 2.45) is 0 Å². The number of carboxylic acids is 2. The fraction of sp³-hybridized carbons (Fsp3) is 0.619. The van der Waals surface area contributed by atoms with Gasteiger partial charge in [-0.1, -0.05) is 37.3 Å². The minimum absolute atomic E-state index is 0.114. The number of hydrogen-bond acceptors (Lipinski definition) is 6. The molecule has 1 aromatic carbocycles. The van der Waals surface area contributed by atoms with E-state index in [0.717, 1.165) is 18.7 Å². The van der Waals surface area contributed by atoms with Gasteiger partial charge in [-0.05, 0) is 44.5 Å². The predicted octanol–water partition coefficient (Wildman–Crippen LogP) is 1.16. The van der Waals surface area contributed by atoms with E-state index < -0.39 is 22.0 Å². The van der Waals surface area contributed by atoms with Crippen molar-refractivity contribution in [1.82, 2.24) is 14.1 Å². The zero-order chi connectivity index (χ0) is 22.9. The van der Waals surface area contributed by atoms with Gasteiger partial charge in [0.05, 0.1) is 5.75 Å². The predicted molar refractivity (Wildman–Crippen MR) is 117 cm³/mol. The van der Waals surface area contributed by atoms with Crippen molar-refractivity contribution < 1.29 is 28.2 Å². The third-order valence-electron chi connectivity index (χ3n) is 5.65. The molecule has 1 aromatic rings. The van der Waals surface area contributed by atoms with Crippen LogP contribution < -0.4 is 0 Å². The highest BCUT2D eigenvalue weighted by Gasteiger charge is 2.31. The Bertz CT molecular complexity index is 790. The number of rotatable bonds is 6. The van der Waals surface area contributed by atoms with Gasteiger partial charge < -0.3 is 15.1 Å². The number of piperazine rings is 1. The van der Waals surface area contributed by atoms with Crippen molar-refractivity contribution in [1.29, 1.82) is 0 Å². The van der Waals surface area contributed by atoms with E-state index in [9.17, 15) is 8.42 Å². The monoisotopic (exact) mass is 455 g/mol. The quantitative estimate of drug-likeness (QED) is 0.614. The second-order valence-corrected chi connectivity index (χ2v) is 9.83. The maximum Gasteiger partial charge on any atom is 0.414 e. The van der Waals surface area contributed by atoms with Crippen LogP contribution in [0.5, 0.6) is 0 Å². The zero-order valence-electron chi connectivity index (χ0n) is 18.0. The summed E-state index contributed by atoms with van der Waals surface area (Å²) in [6.45, 7) is 8.81. The Morgan fingerprint density at radius 3 is 1.97 bits per heavy atom. The number of carboxylic acid groups (broad SMARTS) is 2. The Balaban J connectivity index is 0.000000501. The van der Waals surface area contributed by atoms with Crippen LogP contribution in [-0.4, -0.2) is 96.5 Å². The average Bonchev–Trinajstić information content (AvgIpc) is 2.75. The van der Waals surface area contributed by atoms with Gasteiger partial charge in [0, 0.05) is 32.2 Å². The number of sulfonamides is 1. The molecule has 0 radical (unpaired) electrons. The summed E-state index contributed by atoms with van der Waals surface area (Å²) in [7, 11) is -3.21. The Kier molecular flexibility index (Phi) is 9.89. The van der Waals surface area contributed by atoms with Crippen LogP contribution in [0.3, 0.4) is 0 Å². The number of hydrogen-bond donors (Lipinski definition) is 2. The van der Waals surface area contributed by atoms with E-state index in [1.165, 1.54) is 38.9 Å². The second-order valence-electron chi connectivity index (χ2n) is 7.86. The molecular weight excluding hydrogens is 422 g/mol. The summed E-state index contributed by atoms with van der Waals surface area (Å²) in [5.74, 6) is -3.53. The van der Waals surface area contributed by atoms with Crippen molar-refractivity contribution in [2.75, 3.05) is 45.8 Å². The summed E-state index contributed by atoms with van der Waals surface area (Å²) in [5, 5.41) is 14.8. The molecule has 2 heterocycles. The number of piperidine rings is 1. The lowest BCUT2D eigenvalue weighted by Gasteiger charge is -2.42. The van der Waals surface area contributed by atoms with Gasteiger partial charge in [-0.2, -0.15) is 4.31 Å². The third kappa shape index (κ3) is 8.21. The molecule has 31 heavy (non-hydrogen) atoms. The molecule has 2 aliphatic rings. The van der Waals surface area contributed by atoms with Crippen molar-refractivity contribution in [2.45, 2.75) is 38.0 Å². The molecule has 10 heteroatoms. The van der Waals surface area contributed by atoms with Gasteiger partial charge in [-0.3, -0.25) is 4.90 Å². The van der Waals surface area contributed by atoms with Crippen molar-refractivity contribution >= 4 is 22.0 Å². The van der Waals surface area contributed by atoms with E-state index in [-0.39, 0.29) is 5.75 Å². The summed E-state index contributed by atoms with van der Waals surface area (Å²) in [6.07, 6.45) is 3.66. The molecule has 0 aromatic heterocycles. The molecule has 3 rings (SSSR count). The van der Waals surface area contributed by atoms with Gasteiger partial charge in [0.1, 0.15) is 0 Å². The molecule has 0 amide bonds. The van der Waals surface area contributed by atoms with Crippen molar-refractivity contribution in [3.05, 3.63) is 35.9 Å². The van der Waals surface area contributed by atoms with Gasteiger partial charge in [-0.15, -0.1) is 0 Å². The minimum atomic E-state index is -3.21. The highest BCUT2D eigenvalue weighted by atomic mass is 32.2. The van der Waals surface area contributed by atoms with Crippen LogP contribution in [0.2, 0.25) is 0 Å². The van der Waals surface area contributed by atoms with Crippen LogP contribution in [0.15, 0.2) is 30.3 Å². The molecule has 0 atom stereocenters. The van der Waals surface area contributed by atoms with Crippen LogP contribution in [0, 0.1) is 0 Å². The van der Waals surface area contributed by atoms with Crippen LogP contribution in [0.1, 0.15) is 31.7 Å². The lowest BCUT2D eigenvalue weighted by atomic mass is 10.0. The van der Waals surface area contributed by atoms with Gasteiger partial charge in [0.25, 0.3) is 0 Å². The number of nitrogens with zero attached hydrogens (tertiary/aromatic N) is 3. The summed E-state index contributed by atoms with van der Waals surface area (Å²) in [6, 6.07) is 10.1. The van der Waals surface area contributed by atoms with Crippen LogP contribution in [0.25, 0.3) is 0 Å². The topological polar surface area (TPSA) is 118 Å². The van der Waals surface area contributed by atoms with Crippen molar-refractivity contribution in [3.8, 4) is 0 Å². The van der Waals surface area contributed by atoms with Gasteiger partial charge in [0.2, 0.25) is 10.0 Å². The first-order valence-corrected chi connectivity index (χ1v) is 12.3. The molecule has 2 fully saturated rings. The lowest BCUT2D eigenvalue weighted by Crippen LogP contribution is -2.54. The molecule has 0 bridgehead atoms. The van der Waals surface area contributed by atoms with Gasteiger partial charge in [0.15, 0.2) is 0 Å². The summed E-state index contributed by atoms with van der Waals surface area (Å²) < 4.78 is 27.0. The van der Waals surface area contributed by atoms with Crippen LogP contribution in [0.4, 0.5) is 0 Å². The molecule has 2 N–H and O–H groups in total. The van der Waals surface area contributed by atoms with Gasteiger partial charge >= 0.3 is 11.9 Å². The molecule has 2 saturated heterocycles. The number of aliphatic carboxylic acids is 2. The standard InChI is InChI=1S/C19H31N3O2S.C2H2O4/c1-2-10-20-11-8-19(9-12-20)21-13-15-22(16-14-21)25(23,24)17-18-6-4-3-5-7-18;3-1(4)2(5)6/h3-7,19H,2,8-17H2,1H3;(H,3,4)(H,5,6). The molecule has 0 unspecified atom stereocenters.